The van der Waals surface area contributed by atoms with Gasteiger partial charge in [0.1, 0.15) is 5.01 Å². The number of benzene rings is 1. The summed E-state index contributed by atoms with van der Waals surface area (Å²) in [5.74, 6) is -0.748. The standard InChI is InChI=1S/C20H27N3O2S/c1-15-5-7-16(8-6-15)20-21-12-18(26-20)13-23-10-3-4-17(9-11-23)22(2)14-19(24)25/h5-8,12,17H,3-4,9-11,13-14H2,1-2H3,(H,24,25). The summed E-state index contributed by atoms with van der Waals surface area (Å²) in [5.41, 5.74) is 2.44. The smallest absolute Gasteiger partial charge is 0.317 e. The Hall–Kier alpha value is -1.76. The zero-order chi connectivity index (χ0) is 18.5. The number of likely N-dealkylation sites (N-methyl/N-ethyl adjacent to an activating group) is 1. The summed E-state index contributed by atoms with van der Waals surface area (Å²) in [6, 6.07) is 8.87. The Morgan fingerprint density at radius 1 is 1.31 bits per heavy atom. The van der Waals surface area contributed by atoms with Gasteiger partial charge in [0.05, 0.1) is 6.54 Å². The SMILES string of the molecule is Cc1ccc(-c2ncc(CN3CCCC(N(C)CC(=O)O)CC3)s2)cc1. The Morgan fingerprint density at radius 2 is 2.08 bits per heavy atom. The number of rotatable bonds is 6. The maximum Gasteiger partial charge on any atom is 0.317 e. The van der Waals surface area contributed by atoms with Gasteiger partial charge in [-0.2, -0.15) is 0 Å². The van der Waals surface area contributed by atoms with E-state index in [1.165, 1.54) is 16.0 Å². The molecule has 1 fully saturated rings. The molecule has 1 aliphatic heterocycles. The molecule has 140 valence electrons. The molecule has 1 N–H and O–H groups in total. The van der Waals surface area contributed by atoms with Gasteiger partial charge in [0.25, 0.3) is 0 Å². The Labute approximate surface area is 159 Å². The normalized spacial score (nSPS) is 18.8. The minimum atomic E-state index is -0.748. The van der Waals surface area contributed by atoms with Gasteiger partial charge in [0.15, 0.2) is 0 Å². The first-order valence-electron chi connectivity index (χ1n) is 9.17. The Bertz CT molecular complexity index is 729. The van der Waals surface area contributed by atoms with Crippen LogP contribution in [0.25, 0.3) is 10.6 Å². The maximum absolute atomic E-state index is 10.9. The third-order valence-corrected chi connectivity index (χ3v) is 6.06. The molecule has 1 unspecified atom stereocenters. The lowest BCUT2D eigenvalue weighted by molar-refractivity contribution is -0.138. The minimum absolute atomic E-state index is 0.124. The summed E-state index contributed by atoms with van der Waals surface area (Å²) in [6.45, 7) is 5.22. The zero-order valence-corrected chi connectivity index (χ0v) is 16.3. The first-order chi connectivity index (χ1) is 12.5. The van der Waals surface area contributed by atoms with E-state index in [-0.39, 0.29) is 6.54 Å². The lowest BCUT2D eigenvalue weighted by Gasteiger charge is -2.25. The van der Waals surface area contributed by atoms with Crippen molar-refractivity contribution in [3.05, 3.63) is 40.9 Å². The van der Waals surface area contributed by atoms with Crippen LogP contribution >= 0.6 is 11.3 Å². The highest BCUT2D eigenvalue weighted by molar-refractivity contribution is 7.15. The number of thiazole rings is 1. The van der Waals surface area contributed by atoms with E-state index in [1.54, 1.807) is 11.3 Å². The number of carboxylic acid groups (broad SMARTS) is 1. The van der Waals surface area contributed by atoms with E-state index in [0.29, 0.717) is 6.04 Å². The monoisotopic (exact) mass is 373 g/mol. The van der Waals surface area contributed by atoms with Crippen molar-refractivity contribution in [1.82, 2.24) is 14.8 Å². The average Bonchev–Trinajstić information content (AvgIpc) is 2.93. The molecular formula is C20H27N3O2S. The molecule has 1 atom stereocenters. The molecule has 1 aromatic heterocycles. The van der Waals surface area contributed by atoms with Crippen LogP contribution in [0.2, 0.25) is 0 Å². The van der Waals surface area contributed by atoms with Crippen molar-refractivity contribution in [1.29, 1.82) is 0 Å². The summed E-state index contributed by atoms with van der Waals surface area (Å²) >= 11 is 1.77. The van der Waals surface area contributed by atoms with E-state index in [0.717, 1.165) is 43.9 Å². The quantitative estimate of drug-likeness (QED) is 0.840. The fourth-order valence-electron chi connectivity index (χ4n) is 3.51. The van der Waals surface area contributed by atoms with Gasteiger partial charge in [0, 0.05) is 35.8 Å². The second kappa shape index (κ2) is 8.75. The number of aryl methyl sites for hydroxylation is 1. The summed E-state index contributed by atoms with van der Waals surface area (Å²) in [7, 11) is 1.92. The predicted molar refractivity (Wildman–Crippen MR) is 105 cm³/mol. The van der Waals surface area contributed by atoms with Gasteiger partial charge in [-0.05, 0) is 39.8 Å². The molecule has 3 rings (SSSR count). The van der Waals surface area contributed by atoms with Crippen molar-refractivity contribution in [3.8, 4) is 10.6 Å². The van der Waals surface area contributed by atoms with E-state index in [2.05, 4.69) is 41.1 Å². The lowest BCUT2D eigenvalue weighted by Crippen LogP contribution is -2.36. The van der Waals surface area contributed by atoms with Gasteiger partial charge < -0.3 is 5.11 Å². The van der Waals surface area contributed by atoms with E-state index in [4.69, 9.17) is 5.11 Å². The van der Waals surface area contributed by atoms with E-state index in [9.17, 15) is 4.79 Å². The lowest BCUT2D eigenvalue weighted by atomic mass is 10.1. The first-order valence-corrected chi connectivity index (χ1v) is 9.99. The van der Waals surface area contributed by atoms with Gasteiger partial charge in [-0.15, -0.1) is 11.3 Å². The third kappa shape index (κ3) is 5.13. The molecule has 0 amide bonds. The number of hydrogen-bond donors (Lipinski definition) is 1. The van der Waals surface area contributed by atoms with E-state index < -0.39 is 5.97 Å². The highest BCUT2D eigenvalue weighted by Crippen LogP contribution is 2.27. The van der Waals surface area contributed by atoms with Crippen LogP contribution in [0.1, 0.15) is 29.7 Å². The molecule has 0 bridgehead atoms. The molecule has 0 spiro atoms. The van der Waals surface area contributed by atoms with Crippen molar-refractivity contribution in [2.24, 2.45) is 0 Å². The number of likely N-dealkylation sites (tertiary alicyclic amines) is 1. The molecular weight excluding hydrogens is 346 g/mol. The highest BCUT2D eigenvalue weighted by Gasteiger charge is 2.22. The number of aliphatic carboxylic acids is 1. The van der Waals surface area contributed by atoms with E-state index >= 15 is 0 Å². The summed E-state index contributed by atoms with van der Waals surface area (Å²) < 4.78 is 0. The Morgan fingerprint density at radius 3 is 2.81 bits per heavy atom. The molecule has 6 heteroatoms. The second-order valence-corrected chi connectivity index (χ2v) is 8.28. The maximum atomic E-state index is 10.9. The highest BCUT2D eigenvalue weighted by atomic mass is 32.1. The molecule has 0 saturated carbocycles. The van der Waals surface area contributed by atoms with E-state index in [1.807, 2.05) is 18.1 Å². The van der Waals surface area contributed by atoms with Crippen LogP contribution in [0.15, 0.2) is 30.5 Å². The number of hydrogen-bond acceptors (Lipinski definition) is 5. The number of carbonyl (C=O) groups is 1. The second-order valence-electron chi connectivity index (χ2n) is 7.17. The van der Waals surface area contributed by atoms with Gasteiger partial charge in [-0.25, -0.2) is 4.98 Å². The van der Waals surface area contributed by atoms with Crippen molar-refractivity contribution >= 4 is 17.3 Å². The van der Waals surface area contributed by atoms with Crippen LogP contribution in [0.4, 0.5) is 0 Å². The molecule has 5 nitrogen and oxygen atoms in total. The largest absolute Gasteiger partial charge is 0.480 e. The predicted octanol–water partition coefficient (Wildman–Crippen LogP) is 3.49. The van der Waals surface area contributed by atoms with Crippen molar-refractivity contribution in [2.45, 2.75) is 38.8 Å². The number of nitrogens with zero attached hydrogens (tertiary/aromatic N) is 3. The van der Waals surface area contributed by atoms with Gasteiger partial charge >= 0.3 is 5.97 Å². The van der Waals surface area contributed by atoms with Crippen LogP contribution in [-0.2, 0) is 11.3 Å². The third-order valence-electron chi connectivity index (χ3n) is 5.03. The van der Waals surface area contributed by atoms with Crippen LogP contribution < -0.4 is 0 Å². The molecule has 0 aliphatic carbocycles. The topological polar surface area (TPSA) is 56.7 Å². The summed E-state index contributed by atoms with van der Waals surface area (Å²) in [4.78, 5) is 21.3. The fourth-order valence-corrected chi connectivity index (χ4v) is 4.47. The van der Waals surface area contributed by atoms with Crippen molar-refractivity contribution in [2.75, 3.05) is 26.7 Å². The summed E-state index contributed by atoms with van der Waals surface area (Å²) in [5, 5.41) is 10.1. The molecule has 26 heavy (non-hydrogen) atoms. The number of aromatic nitrogens is 1. The molecule has 2 aromatic rings. The van der Waals surface area contributed by atoms with Gasteiger partial charge in [0.2, 0.25) is 0 Å². The van der Waals surface area contributed by atoms with Crippen molar-refractivity contribution < 1.29 is 9.90 Å². The summed E-state index contributed by atoms with van der Waals surface area (Å²) in [6.07, 6.45) is 5.20. The molecule has 0 radical (unpaired) electrons. The van der Waals surface area contributed by atoms with Crippen LogP contribution in [0.3, 0.4) is 0 Å². The Balaban J connectivity index is 1.56. The molecule has 1 saturated heterocycles. The minimum Gasteiger partial charge on any atom is -0.480 e. The fraction of sp³-hybridized carbons (Fsp3) is 0.500. The van der Waals surface area contributed by atoms with Crippen LogP contribution in [-0.4, -0.2) is 58.6 Å². The van der Waals surface area contributed by atoms with Crippen LogP contribution in [0, 0.1) is 6.92 Å². The molecule has 2 heterocycles. The Kier molecular flexibility index (Phi) is 6.40. The average molecular weight is 374 g/mol. The van der Waals surface area contributed by atoms with Gasteiger partial charge in [-0.3, -0.25) is 14.6 Å². The van der Waals surface area contributed by atoms with Gasteiger partial charge in [-0.1, -0.05) is 29.8 Å². The first kappa shape index (κ1) is 19.0. The molecule has 1 aliphatic rings. The molecule has 1 aromatic carbocycles. The van der Waals surface area contributed by atoms with Crippen LogP contribution in [0.5, 0.6) is 0 Å². The zero-order valence-electron chi connectivity index (χ0n) is 15.5. The van der Waals surface area contributed by atoms with Crippen molar-refractivity contribution in [3.63, 3.8) is 0 Å². The number of carboxylic acids is 1.